The standard InChI is InChI=1S/C13H26N2O2/c1-4-14-9-11(16)10-15-8-7-13(2,3)6-5-12(15)17/h11,14,16H,4-10H2,1-3H3. The molecule has 1 amide bonds. The number of hydrogen-bond acceptors (Lipinski definition) is 3. The van der Waals surface area contributed by atoms with Gasteiger partial charge in [-0.1, -0.05) is 20.8 Å². The van der Waals surface area contributed by atoms with Gasteiger partial charge in [-0.05, 0) is 24.8 Å². The van der Waals surface area contributed by atoms with Crippen molar-refractivity contribution in [3.63, 3.8) is 0 Å². The maximum atomic E-state index is 11.9. The van der Waals surface area contributed by atoms with Gasteiger partial charge in [0.25, 0.3) is 0 Å². The number of aliphatic hydroxyl groups is 1. The Morgan fingerprint density at radius 3 is 2.82 bits per heavy atom. The molecule has 0 bridgehead atoms. The van der Waals surface area contributed by atoms with Crippen LogP contribution in [0.15, 0.2) is 0 Å². The minimum Gasteiger partial charge on any atom is -0.390 e. The Balaban J connectivity index is 2.44. The van der Waals surface area contributed by atoms with Crippen molar-refractivity contribution in [1.29, 1.82) is 0 Å². The normalized spacial score (nSPS) is 22.4. The lowest BCUT2D eigenvalue weighted by molar-refractivity contribution is -0.132. The van der Waals surface area contributed by atoms with Crippen LogP contribution < -0.4 is 5.32 Å². The van der Waals surface area contributed by atoms with Crippen LogP contribution in [0.1, 0.15) is 40.0 Å². The third-order valence-corrected chi connectivity index (χ3v) is 3.49. The molecule has 1 saturated heterocycles. The first kappa shape index (κ1) is 14.5. The van der Waals surface area contributed by atoms with Crippen molar-refractivity contribution in [3.05, 3.63) is 0 Å². The summed E-state index contributed by atoms with van der Waals surface area (Å²) < 4.78 is 0. The third kappa shape index (κ3) is 5.04. The second kappa shape index (κ2) is 6.36. The first-order chi connectivity index (χ1) is 7.94. The minimum absolute atomic E-state index is 0.186. The zero-order valence-corrected chi connectivity index (χ0v) is 11.3. The van der Waals surface area contributed by atoms with Crippen LogP contribution in [0, 0.1) is 5.41 Å². The summed E-state index contributed by atoms with van der Waals surface area (Å²) in [4.78, 5) is 13.7. The quantitative estimate of drug-likeness (QED) is 0.756. The molecule has 2 N–H and O–H groups in total. The highest BCUT2D eigenvalue weighted by Gasteiger charge is 2.28. The molecule has 1 aliphatic rings. The number of rotatable bonds is 5. The van der Waals surface area contributed by atoms with Gasteiger partial charge in [0.05, 0.1) is 6.10 Å². The van der Waals surface area contributed by atoms with Crippen LogP contribution in [0.3, 0.4) is 0 Å². The number of likely N-dealkylation sites (tertiary alicyclic amines) is 1. The summed E-state index contributed by atoms with van der Waals surface area (Å²) in [5.74, 6) is 0.186. The van der Waals surface area contributed by atoms with E-state index in [0.29, 0.717) is 19.5 Å². The van der Waals surface area contributed by atoms with E-state index in [1.807, 2.05) is 11.8 Å². The first-order valence-electron chi connectivity index (χ1n) is 6.61. The van der Waals surface area contributed by atoms with Crippen LogP contribution in [0.25, 0.3) is 0 Å². The molecule has 1 atom stereocenters. The van der Waals surface area contributed by atoms with Crippen molar-refractivity contribution in [2.24, 2.45) is 5.41 Å². The average molecular weight is 242 g/mol. The summed E-state index contributed by atoms with van der Waals surface area (Å²) in [6, 6.07) is 0. The smallest absolute Gasteiger partial charge is 0.222 e. The van der Waals surface area contributed by atoms with E-state index in [4.69, 9.17) is 0 Å². The van der Waals surface area contributed by atoms with Crippen molar-refractivity contribution in [3.8, 4) is 0 Å². The molecule has 4 heteroatoms. The second-order valence-corrected chi connectivity index (χ2v) is 5.72. The molecule has 0 radical (unpaired) electrons. The fourth-order valence-electron chi connectivity index (χ4n) is 2.11. The number of aliphatic hydroxyl groups excluding tert-OH is 1. The number of β-amino-alcohol motifs (C(OH)–C–C–N with tert-alkyl or cyclic N) is 1. The molecule has 1 unspecified atom stereocenters. The van der Waals surface area contributed by atoms with Crippen molar-refractivity contribution in [2.45, 2.75) is 46.1 Å². The maximum Gasteiger partial charge on any atom is 0.222 e. The largest absolute Gasteiger partial charge is 0.390 e. The van der Waals surface area contributed by atoms with Crippen LogP contribution in [0.2, 0.25) is 0 Å². The monoisotopic (exact) mass is 242 g/mol. The Morgan fingerprint density at radius 1 is 1.47 bits per heavy atom. The van der Waals surface area contributed by atoms with Gasteiger partial charge in [-0.25, -0.2) is 0 Å². The predicted molar refractivity (Wildman–Crippen MR) is 68.8 cm³/mol. The molecule has 0 saturated carbocycles. The summed E-state index contributed by atoms with van der Waals surface area (Å²) in [7, 11) is 0. The Kier molecular flexibility index (Phi) is 5.40. The van der Waals surface area contributed by atoms with Gasteiger partial charge in [-0.2, -0.15) is 0 Å². The fraction of sp³-hybridized carbons (Fsp3) is 0.923. The molecule has 100 valence electrons. The molecule has 0 spiro atoms. The number of carbonyl (C=O) groups is 1. The molecular formula is C13H26N2O2. The van der Waals surface area contributed by atoms with Gasteiger partial charge in [0.1, 0.15) is 0 Å². The third-order valence-electron chi connectivity index (χ3n) is 3.49. The van der Waals surface area contributed by atoms with E-state index in [1.165, 1.54) is 0 Å². The van der Waals surface area contributed by atoms with Crippen LogP contribution in [0.5, 0.6) is 0 Å². The van der Waals surface area contributed by atoms with E-state index >= 15 is 0 Å². The molecule has 4 nitrogen and oxygen atoms in total. The van der Waals surface area contributed by atoms with E-state index in [9.17, 15) is 9.90 Å². The zero-order chi connectivity index (χ0) is 12.9. The molecule has 1 aliphatic heterocycles. The molecule has 0 aliphatic carbocycles. The summed E-state index contributed by atoms with van der Waals surface area (Å²) in [6.07, 6.45) is 2.12. The lowest BCUT2D eigenvalue weighted by atomic mass is 9.85. The molecule has 1 rings (SSSR count). The molecular weight excluding hydrogens is 216 g/mol. The molecule has 17 heavy (non-hydrogen) atoms. The maximum absolute atomic E-state index is 11.9. The Morgan fingerprint density at radius 2 is 2.18 bits per heavy atom. The van der Waals surface area contributed by atoms with E-state index in [2.05, 4.69) is 19.2 Å². The van der Waals surface area contributed by atoms with E-state index in [0.717, 1.165) is 25.9 Å². The predicted octanol–water partition coefficient (Wildman–Crippen LogP) is 0.995. The highest BCUT2D eigenvalue weighted by Crippen LogP contribution is 2.30. The Bertz CT molecular complexity index is 254. The Labute approximate surface area is 104 Å². The number of nitrogens with one attached hydrogen (secondary N) is 1. The van der Waals surface area contributed by atoms with E-state index in [1.54, 1.807) is 0 Å². The van der Waals surface area contributed by atoms with Gasteiger partial charge in [-0.3, -0.25) is 4.79 Å². The van der Waals surface area contributed by atoms with Gasteiger partial charge in [0.15, 0.2) is 0 Å². The van der Waals surface area contributed by atoms with Gasteiger partial charge >= 0.3 is 0 Å². The number of hydrogen-bond donors (Lipinski definition) is 2. The average Bonchev–Trinajstić information content (AvgIpc) is 2.39. The van der Waals surface area contributed by atoms with Crippen molar-refractivity contribution >= 4 is 5.91 Å². The van der Waals surface area contributed by atoms with Crippen LogP contribution in [-0.2, 0) is 4.79 Å². The van der Waals surface area contributed by atoms with Crippen LogP contribution in [0.4, 0.5) is 0 Å². The molecule has 0 aromatic rings. The number of carbonyl (C=O) groups excluding carboxylic acids is 1. The second-order valence-electron chi connectivity index (χ2n) is 5.72. The number of nitrogens with zero attached hydrogens (tertiary/aromatic N) is 1. The Hall–Kier alpha value is -0.610. The van der Waals surface area contributed by atoms with Crippen molar-refractivity contribution in [1.82, 2.24) is 10.2 Å². The van der Waals surface area contributed by atoms with Crippen molar-refractivity contribution < 1.29 is 9.90 Å². The molecule has 1 fully saturated rings. The SMILES string of the molecule is CCNCC(O)CN1CCC(C)(C)CCC1=O. The molecule has 0 aromatic carbocycles. The van der Waals surface area contributed by atoms with Gasteiger partial charge in [0, 0.05) is 26.1 Å². The van der Waals surface area contributed by atoms with E-state index < -0.39 is 6.10 Å². The fourth-order valence-corrected chi connectivity index (χ4v) is 2.11. The van der Waals surface area contributed by atoms with E-state index in [-0.39, 0.29) is 11.3 Å². The summed E-state index contributed by atoms with van der Waals surface area (Å²) in [6.45, 7) is 9.06. The van der Waals surface area contributed by atoms with Gasteiger partial charge in [0.2, 0.25) is 5.91 Å². The van der Waals surface area contributed by atoms with Gasteiger partial charge < -0.3 is 15.3 Å². The van der Waals surface area contributed by atoms with Crippen LogP contribution >= 0.6 is 0 Å². The molecule has 0 aromatic heterocycles. The highest BCUT2D eigenvalue weighted by molar-refractivity contribution is 5.76. The lowest BCUT2D eigenvalue weighted by Crippen LogP contribution is -2.41. The number of likely N-dealkylation sites (N-methyl/N-ethyl adjacent to an activating group) is 1. The summed E-state index contributed by atoms with van der Waals surface area (Å²) in [5.41, 5.74) is 0.247. The zero-order valence-electron chi connectivity index (χ0n) is 11.3. The highest BCUT2D eigenvalue weighted by atomic mass is 16.3. The first-order valence-corrected chi connectivity index (χ1v) is 6.61. The summed E-state index contributed by atoms with van der Waals surface area (Å²) in [5, 5.41) is 12.9. The van der Waals surface area contributed by atoms with Crippen molar-refractivity contribution in [2.75, 3.05) is 26.2 Å². The molecule has 1 heterocycles. The lowest BCUT2D eigenvalue weighted by Gasteiger charge is -2.25. The van der Waals surface area contributed by atoms with Gasteiger partial charge in [-0.15, -0.1) is 0 Å². The number of amides is 1. The topological polar surface area (TPSA) is 52.6 Å². The minimum atomic E-state index is -0.458. The van der Waals surface area contributed by atoms with Crippen LogP contribution in [-0.4, -0.2) is 48.2 Å². The summed E-state index contributed by atoms with van der Waals surface area (Å²) >= 11 is 0.